The average Bonchev–Trinajstić information content (AvgIpc) is 3.17. The largest absolute Gasteiger partial charge is 0.366 e. The molecule has 2 heterocycles. The lowest BCUT2D eigenvalue weighted by atomic mass is 9.99. The summed E-state index contributed by atoms with van der Waals surface area (Å²) in [5, 5.41) is 4.09. The first kappa shape index (κ1) is 19.5. The third-order valence-electron chi connectivity index (χ3n) is 4.11. The molecular weight excluding hydrogens is 376 g/mol. The van der Waals surface area contributed by atoms with Crippen LogP contribution in [0, 0.1) is 0 Å². The molecule has 28 heavy (non-hydrogen) atoms. The lowest BCUT2D eigenvalue weighted by molar-refractivity contribution is -0.113. The van der Waals surface area contributed by atoms with Crippen molar-refractivity contribution >= 4 is 21.3 Å². The minimum atomic E-state index is -3.67. The molecule has 3 rings (SSSR count). The molecule has 7 nitrogen and oxygen atoms in total. The summed E-state index contributed by atoms with van der Waals surface area (Å²) in [4.78, 5) is 15.8. The second kappa shape index (κ2) is 8.18. The van der Waals surface area contributed by atoms with E-state index >= 15 is 0 Å². The van der Waals surface area contributed by atoms with E-state index in [1.807, 2.05) is 6.92 Å². The molecule has 0 fully saturated rings. The SMILES string of the molecule is CCCn1cc(S(=O)(=O)c2ccc(C(=CC(N)=O)c3cccnc3)cc2)cn1. The maximum atomic E-state index is 12.8. The predicted molar refractivity (Wildman–Crippen MR) is 105 cm³/mol. The van der Waals surface area contributed by atoms with Crippen LogP contribution < -0.4 is 5.73 Å². The number of nitrogens with zero attached hydrogens (tertiary/aromatic N) is 3. The van der Waals surface area contributed by atoms with Crippen molar-refractivity contribution in [1.29, 1.82) is 0 Å². The van der Waals surface area contributed by atoms with E-state index in [4.69, 9.17) is 5.73 Å². The summed E-state index contributed by atoms with van der Waals surface area (Å²) in [6, 6.07) is 9.85. The van der Waals surface area contributed by atoms with Crippen molar-refractivity contribution in [2.24, 2.45) is 5.73 Å². The van der Waals surface area contributed by atoms with Gasteiger partial charge in [-0.1, -0.05) is 25.1 Å². The van der Waals surface area contributed by atoms with Gasteiger partial charge in [-0.3, -0.25) is 14.5 Å². The quantitative estimate of drug-likeness (QED) is 0.617. The minimum Gasteiger partial charge on any atom is -0.366 e. The van der Waals surface area contributed by atoms with Crippen LogP contribution >= 0.6 is 0 Å². The zero-order chi connectivity index (χ0) is 20.1. The molecule has 0 spiro atoms. The molecule has 0 aliphatic rings. The summed E-state index contributed by atoms with van der Waals surface area (Å²) in [7, 11) is -3.67. The molecule has 0 saturated carbocycles. The molecule has 0 aliphatic carbocycles. The molecule has 3 aromatic rings. The number of nitrogens with two attached hydrogens (primary N) is 1. The van der Waals surface area contributed by atoms with Gasteiger partial charge in [0.2, 0.25) is 15.7 Å². The molecule has 0 saturated heterocycles. The number of carbonyl (C=O) groups excluding carboxylic acids is 1. The predicted octanol–water partition coefficient (Wildman–Crippen LogP) is 2.44. The number of carbonyl (C=O) groups is 1. The summed E-state index contributed by atoms with van der Waals surface area (Å²) in [5.74, 6) is -0.598. The monoisotopic (exact) mass is 396 g/mol. The Morgan fingerprint density at radius 1 is 1.11 bits per heavy atom. The van der Waals surface area contributed by atoms with Gasteiger partial charge < -0.3 is 5.73 Å². The number of pyridine rings is 1. The highest BCUT2D eigenvalue weighted by Crippen LogP contribution is 2.26. The lowest BCUT2D eigenvalue weighted by Crippen LogP contribution is -2.08. The highest BCUT2D eigenvalue weighted by atomic mass is 32.2. The Bertz CT molecular complexity index is 1100. The van der Waals surface area contributed by atoms with Crippen LogP contribution in [0.15, 0.2) is 77.1 Å². The number of hydrogen-bond acceptors (Lipinski definition) is 5. The summed E-state index contributed by atoms with van der Waals surface area (Å²) in [6.07, 6.45) is 8.28. The highest BCUT2D eigenvalue weighted by molar-refractivity contribution is 7.91. The van der Waals surface area contributed by atoms with Crippen LogP contribution in [0.1, 0.15) is 24.5 Å². The maximum Gasteiger partial charge on any atom is 0.242 e. The Labute approximate surface area is 163 Å². The van der Waals surface area contributed by atoms with Gasteiger partial charge in [0.15, 0.2) is 0 Å². The third kappa shape index (κ3) is 4.17. The summed E-state index contributed by atoms with van der Waals surface area (Å²) in [6.45, 7) is 2.65. The Hall–Kier alpha value is -3.26. The van der Waals surface area contributed by atoms with Gasteiger partial charge in [0.05, 0.1) is 11.1 Å². The van der Waals surface area contributed by atoms with Gasteiger partial charge in [-0.2, -0.15) is 5.10 Å². The van der Waals surface area contributed by atoms with Crippen molar-refractivity contribution in [1.82, 2.24) is 14.8 Å². The first-order valence-electron chi connectivity index (χ1n) is 8.71. The fraction of sp³-hybridized carbons (Fsp3) is 0.150. The van der Waals surface area contributed by atoms with Crippen molar-refractivity contribution in [2.45, 2.75) is 29.7 Å². The van der Waals surface area contributed by atoms with Crippen molar-refractivity contribution in [2.75, 3.05) is 0 Å². The van der Waals surface area contributed by atoms with Crippen molar-refractivity contribution in [3.8, 4) is 0 Å². The normalized spacial score (nSPS) is 12.1. The van der Waals surface area contributed by atoms with Gasteiger partial charge in [0.1, 0.15) is 4.90 Å². The van der Waals surface area contributed by atoms with Crippen molar-refractivity contribution < 1.29 is 13.2 Å². The lowest BCUT2D eigenvalue weighted by Gasteiger charge is -2.09. The molecule has 2 N–H and O–H groups in total. The smallest absolute Gasteiger partial charge is 0.242 e. The fourth-order valence-electron chi connectivity index (χ4n) is 2.78. The third-order valence-corrected chi connectivity index (χ3v) is 5.83. The zero-order valence-corrected chi connectivity index (χ0v) is 16.1. The van der Waals surface area contributed by atoms with Crippen LogP contribution in [0.5, 0.6) is 0 Å². The first-order chi connectivity index (χ1) is 13.4. The zero-order valence-electron chi connectivity index (χ0n) is 15.3. The van der Waals surface area contributed by atoms with Gasteiger partial charge in [0, 0.05) is 36.8 Å². The number of primary amides is 1. The molecule has 144 valence electrons. The molecule has 1 aromatic carbocycles. The summed E-state index contributed by atoms with van der Waals surface area (Å²) in [5.41, 5.74) is 7.26. The summed E-state index contributed by atoms with van der Waals surface area (Å²) >= 11 is 0. The Morgan fingerprint density at radius 2 is 1.86 bits per heavy atom. The highest BCUT2D eigenvalue weighted by Gasteiger charge is 2.20. The van der Waals surface area contributed by atoms with Gasteiger partial charge in [-0.15, -0.1) is 0 Å². The van der Waals surface area contributed by atoms with E-state index in [0.29, 0.717) is 23.2 Å². The molecule has 0 aliphatic heterocycles. The van der Waals surface area contributed by atoms with Crippen LogP contribution in [-0.4, -0.2) is 29.1 Å². The molecule has 0 unspecified atom stereocenters. The van der Waals surface area contributed by atoms with Crippen molar-refractivity contribution in [3.63, 3.8) is 0 Å². The van der Waals surface area contributed by atoms with Gasteiger partial charge in [-0.25, -0.2) is 8.42 Å². The molecule has 0 bridgehead atoms. The van der Waals surface area contributed by atoms with E-state index in [0.717, 1.165) is 6.42 Å². The van der Waals surface area contributed by atoms with E-state index in [9.17, 15) is 13.2 Å². The first-order valence-corrected chi connectivity index (χ1v) is 10.2. The Morgan fingerprint density at radius 3 is 2.46 bits per heavy atom. The van der Waals surface area contributed by atoms with Crippen LogP contribution in [0.4, 0.5) is 0 Å². The van der Waals surface area contributed by atoms with Crippen LogP contribution in [0.3, 0.4) is 0 Å². The maximum absolute atomic E-state index is 12.8. The van der Waals surface area contributed by atoms with Gasteiger partial charge in [0.25, 0.3) is 0 Å². The van der Waals surface area contributed by atoms with Gasteiger partial charge in [-0.05, 0) is 35.8 Å². The summed E-state index contributed by atoms with van der Waals surface area (Å²) < 4.78 is 27.3. The Balaban J connectivity index is 1.96. The number of amides is 1. The van der Waals surface area contributed by atoms with E-state index in [1.165, 1.54) is 30.6 Å². The molecule has 0 radical (unpaired) electrons. The Kier molecular flexibility index (Phi) is 5.70. The number of aromatic nitrogens is 3. The van der Waals surface area contributed by atoms with E-state index in [2.05, 4.69) is 10.1 Å². The second-order valence-electron chi connectivity index (χ2n) is 6.17. The van der Waals surface area contributed by atoms with Crippen LogP contribution in [-0.2, 0) is 21.2 Å². The average molecular weight is 396 g/mol. The number of hydrogen-bond donors (Lipinski definition) is 1. The number of aryl methyl sites for hydroxylation is 1. The van der Waals surface area contributed by atoms with Crippen LogP contribution in [0.2, 0.25) is 0 Å². The van der Waals surface area contributed by atoms with Gasteiger partial charge >= 0.3 is 0 Å². The fourth-order valence-corrected chi connectivity index (χ4v) is 4.00. The number of rotatable bonds is 7. The van der Waals surface area contributed by atoms with E-state index in [1.54, 1.807) is 41.3 Å². The molecule has 1 amide bonds. The van der Waals surface area contributed by atoms with Crippen LogP contribution in [0.25, 0.3) is 5.57 Å². The second-order valence-corrected chi connectivity index (χ2v) is 8.12. The molecular formula is C20H20N4O3S. The van der Waals surface area contributed by atoms with E-state index in [-0.39, 0.29) is 9.79 Å². The molecule has 2 aromatic heterocycles. The minimum absolute atomic E-state index is 0.147. The number of benzene rings is 1. The molecule has 0 atom stereocenters. The topological polar surface area (TPSA) is 108 Å². The van der Waals surface area contributed by atoms with Crippen molar-refractivity contribution in [3.05, 3.63) is 78.4 Å². The molecule has 8 heteroatoms. The standard InChI is InChI=1S/C20H20N4O3S/c1-2-10-24-14-18(13-23-24)28(26,27)17-7-5-15(6-8-17)19(11-20(21)25)16-4-3-9-22-12-16/h3-9,11-14H,2,10H2,1H3,(H2,21,25). The van der Waals surface area contributed by atoms with E-state index < -0.39 is 15.7 Å². The number of sulfone groups is 1.